The number of carbonyl (C=O) groups is 1. The van der Waals surface area contributed by atoms with E-state index in [4.69, 9.17) is 9.72 Å². The lowest BCUT2D eigenvalue weighted by Crippen LogP contribution is -2.68. The lowest BCUT2D eigenvalue weighted by molar-refractivity contribution is -0.00876. The van der Waals surface area contributed by atoms with E-state index < -0.39 is 0 Å². The third kappa shape index (κ3) is 4.34. The Kier molecular flexibility index (Phi) is 5.67. The molecule has 4 aromatic heterocycles. The fourth-order valence-electron chi connectivity index (χ4n) is 5.74. The summed E-state index contributed by atoms with van der Waals surface area (Å²) in [5.41, 5.74) is 4.47. The van der Waals surface area contributed by atoms with Gasteiger partial charge in [-0.15, -0.1) is 0 Å². The van der Waals surface area contributed by atoms with Crippen LogP contribution in [0.2, 0.25) is 0 Å². The lowest BCUT2D eigenvalue weighted by atomic mass is 9.87. The zero-order valence-corrected chi connectivity index (χ0v) is 21.6. The van der Waals surface area contributed by atoms with Crippen LogP contribution >= 0.6 is 0 Å². The number of nitriles is 1. The molecule has 10 heteroatoms. The molecule has 3 aliphatic heterocycles. The van der Waals surface area contributed by atoms with Crippen molar-refractivity contribution in [2.45, 2.75) is 43.9 Å². The minimum Gasteiger partial charge on any atom is -0.481 e. The Morgan fingerprint density at radius 2 is 1.97 bits per heavy atom. The van der Waals surface area contributed by atoms with Gasteiger partial charge in [0.1, 0.15) is 11.9 Å². The summed E-state index contributed by atoms with van der Waals surface area (Å²) >= 11 is 0. The number of ether oxygens (including phenoxy) is 1. The molecule has 7 heterocycles. The highest BCUT2D eigenvalue weighted by Crippen LogP contribution is 2.36. The van der Waals surface area contributed by atoms with Crippen LogP contribution in [0.4, 0.5) is 5.82 Å². The van der Waals surface area contributed by atoms with Crippen molar-refractivity contribution in [3.63, 3.8) is 0 Å². The van der Waals surface area contributed by atoms with Crippen LogP contribution in [0.1, 0.15) is 40.7 Å². The number of rotatable bonds is 7. The predicted molar refractivity (Wildman–Crippen MR) is 144 cm³/mol. The number of carbonyl (C=O) groups excluding carboxylic acids is 1. The molecule has 8 rings (SSSR count). The maximum atomic E-state index is 12.8. The van der Waals surface area contributed by atoms with E-state index in [0.29, 0.717) is 34.6 Å². The first-order valence-electron chi connectivity index (χ1n) is 13.3. The van der Waals surface area contributed by atoms with Crippen LogP contribution in [-0.2, 0) is 6.54 Å². The normalized spacial score (nSPS) is 20.4. The van der Waals surface area contributed by atoms with Gasteiger partial charge < -0.3 is 15.0 Å². The van der Waals surface area contributed by atoms with Gasteiger partial charge >= 0.3 is 0 Å². The Bertz CT molecular complexity index is 1570. The highest BCUT2D eigenvalue weighted by molar-refractivity contribution is 5.98. The first kappa shape index (κ1) is 23.6. The van der Waals surface area contributed by atoms with E-state index in [9.17, 15) is 10.1 Å². The van der Waals surface area contributed by atoms with Crippen LogP contribution in [0.3, 0.4) is 0 Å². The van der Waals surface area contributed by atoms with Gasteiger partial charge in [-0.05, 0) is 43.0 Å². The summed E-state index contributed by atoms with van der Waals surface area (Å²) in [6.07, 6.45) is 10.2. The molecule has 4 aliphatic rings. The van der Waals surface area contributed by atoms with Crippen molar-refractivity contribution in [2.75, 3.05) is 25.1 Å². The van der Waals surface area contributed by atoms with Crippen LogP contribution in [0, 0.1) is 11.3 Å². The number of anilines is 1. The molecule has 1 N–H and O–H groups in total. The van der Waals surface area contributed by atoms with Crippen LogP contribution < -0.4 is 15.0 Å². The molecule has 196 valence electrons. The zero-order valence-electron chi connectivity index (χ0n) is 21.6. The molecular weight excluding hydrogens is 492 g/mol. The Morgan fingerprint density at radius 1 is 1.13 bits per heavy atom. The summed E-state index contributed by atoms with van der Waals surface area (Å²) in [5.74, 6) is 1.45. The van der Waals surface area contributed by atoms with E-state index in [1.165, 1.54) is 18.2 Å². The Morgan fingerprint density at radius 3 is 2.64 bits per heavy atom. The zero-order chi connectivity index (χ0) is 26.5. The maximum Gasteiger partial charge on any atom is 0.253 e. The van der Waals surface area contributed by atoms with Crippen molar-refractivity contribution in [3.8, 4) is 23.1 Å². The van der Waals surface area contributed by atoms with E-state index in [2.05, 4.69) is 37.3 Å². The molecule has 0 radical (unpaired) electrons. The number of nitrogens with one attached hydrogen (secondary N) is 1. The number of amides is 1. The highest BCUT2D eigenvalue weighted by Gasteiger charge is 2.44. The fourth-order valence-corrected chi connectivity index (χ4v) is 5.74. The molecule has 0 aromatic carbocycles. The van der Waals surface area contributed by atoms with E-state index >= 15 is 0 Å². The largest absolute Gasteiger partial charge is 0.481 e. The van der Waals surface area contributed by atoms with Gasteiger partial charge in [0.15, 0.2) is 0 Å². The average molecular weight is 521 g/mol. The minimum atomic E-state index is -0.123. The van der Waals surface area contributed by atoms with Gasteiger partial charge in [-0.1, -0.05) is 6.07 Å². The highest BCUT2D eigenvalue weighted by atomic mass is 16.5. The molecule has 10 nitrogen and oxygen atoms in total. The third-order valence-corrected chi connectivity index (χ3v) is 8.01. The Balaban J connectivity index is 1.10. The van der Waals surface area contributed by atoms with Crippen molar-refractivity contribution in [1.82, 2.24) is 29.8 Å². The van der Waals surface area contributed by atoms with Crippen molar-refractivity contribution in [2.24, 2.45) is 0 Å². The molecule has 1 saturated carbocycles. The van der Waals surface area contributed by atoms with Crippen LogP contribution in [0.25, 0.3) is 16.6 Å². The second-order valence-electron chi connectivity index (χ2n) is 10.6. The first-order valence-corrected chi connectivity index (χ1v) is 13.3. The standard InChI is InChI=1S/C29H28N8O2/c1-39-27-7-2-18(11-32-27)14-36-23-9-24(36)17-35(16-23)26-6-3-19(12-31-26)25-8-20(29(38)34-22-4-5-22)15-37-28(25)21(10-30)13-33-37/h2-3,6-8,11-13,15,22-24H,4-5,9,14,16-17H2,1H3,(H,34,38). The summed E-state index contributed by atoms with van der Waals surface area (Å²) in [5, 5.41) is 17.0. The first-order chi connectivity index (χ1) is 19.1. The molecule has 2 unspecified atom stereocenters. The van der Waals surface area contributed by atoms with Crippen LogP contribution in [0.5, 0.6) is 5.88 Å². The number of piperazine rings is 1. The molecule has 4 aromatic rings. The van der Waals surface area contributed by atoms with Crippen molar-refractivity contribution >= 4 is 17.2 Å². The monoisotopic (exact) mass is 520 g/mol. The molecule has 1 aliphatic carbocycles. The van der Waals surface area contributed by atoms with Gasteiger partial charge in [0.05, 0.1) is 30.0 Å². The topological polar surface area (TPSA) is 112 Å². The van der Waals surface area contributed by atoms with Gasteiger partial charge in [0.2, 0.25) is 5.88 Å². The Labute approximate surface area is 225 Å². The molecule has 39 heavy (non-hydrogen) atoms. The number of piperidine rings is 1. The number of hydrogen-bond donors (Lipinski definition) is 1. The van der Waals surface area contributed by atoms with E-state index in [1.807, 2.05) is 36.7 Å². The molecule has 3 saturated heterocycles. The summed E-state index contributed by atoms with van der Waals surface area (Å²) in [7, 11) is 1.63. The number of fused-ring (bicyclic) bond motifs is 3. The second-order valence-corrected chi connectivity index (χ2v) is 10.6. The van der Waals surface area contributed by atoms with Gasteiger partial charge in [0, 0.05) is 73.5 Å². The van der Waals surface area contributed by atoms with Gasteiger partial charge in [-0.3, -0.25) is 9.69 Å². The van der Waals surface area contributed by atoms with Gasteiger partial charge in [-0.2, -0.15) is 10.4 Å². The molecule has 0 spiro atoms. The molecule has 2 atom stereocenters. The lowest BCUT2D eigenvalue weighted by Gasteiger charge is -2.56. The summed E-state index contributed by atoms with van der Waals surface area (Å²) < 4.78 is 6.79. The molecular formula is C29H28N8O2. The Hall–Kier alpha value is -4.49. The number of hydrogen-bond acceptors (Lipinski definition) is 8. The van der Waals surface area contributed by atoms with Crippen LogP contribution in [-0.4, -0.2) is 68.7 Å². The van der Waals surface area contributed by atoms with Gasteiger partial charge in [-0.25, -0.2) is 14.5 Å². The van der Waals surface area contributed by atoms with E-state index in [-0.39, 0.29) is 11.9 Å². The van der Waals surface area contributed by atoms with E-state index in [1.54, 1.807) is 17.8 Å². The SMILES string of the molecule is COc1ccc(CN2C3CC2CN(c2ccc(-c4cc(C(=O)NC5CC5)cn5ncc(C#N)c45)cn2)C3)cn1. The average Bonchev–Trinajstić information content (AvgIpc) is 3.70. The van der Waals surface area contributed by atoms with E-state index in [0.717, 1.165) is 49.4 Å². The minimum absolute atomic E-state index is 0.123. The third-order valence-electron chi connectivity index (χ3n) is 8.01. The number of nitrogens with zero attached hydrogens (tertiary/aromatic N) is 7. The van der Waals surface area contributed by atoms with Crippen molar-refractivity contribution in [3.05, 3.63) is 71.8 Å². The van der Waals surface area contributed by atoms with Crippen molar-refractivity contribution < 1.29 is 9.53 Å². The smallest absolute Gasteiger partial charge is 0.253 e. The summed E-state index contributed by atoms with van der Waals surface area (Å²) in [4.78, 5) is 26.9. The summed E-state index contributed by atoms with van der Waals surface area (Å²) in [6.45, 7) is 2.74. The second kappa shape index (κ2) is 9.36. The molecule has 1 amide bonds. The number of pyridine rings is 3. The maximum absolute atomic E-state index is 12.8. The predicted octanol–water partition coefficient (Wildman–Crippen LogP) is 3.03. The number of methoxy groups -OCH3 is 1. The van der Waals surface area contributed by atoms with Gasteiger partial charge in [0.25, 0.3) is 5.91 Å². The number of aromatic nitrogens is 4. The van der Waals surface area contributed by atoms with Crippen LogP contribution in [0.15, 0.2) is 55.1 Å². The molecule has 4 fully saturated rings. The quantitative estimate of drug-likeness (QED) is 0.396. The van der Waals surface area contributed by atoms with Crippen molar-refractivity contribution in [1.29, 1.82) is 5.26 Å². The molecule has 2 bridgehead atoms. The summed E-state index contributed by atoms with van der Waals surface area (Å²) in [6, 6.07) is 13.3. The fraction of sp³-hybridized carbons (Fsp3) is 0.345.